The van der Waals surface area contributed by atoms with Gasteiger partial charge in [0.1, 0.15) is 5.75 Å². The number of imide groups is 2. The normalized spacial score (nSPS) is 26.1. The first kappa shape index (κ1) is 40.1. The van der Waals surface area contributed by atoms with Gasteiger partial charge in [-0.05, 0) is 83.8 Å². The molecule has 11 nitrogen and oxygen atoms in total. The number of aromatic hydroxyl groups is 1. The average Bonchev–Trinajstić information content (AvgIpc) is 3.65. The zero-order valence-electron chi connectivity index (χ0n) is 32.6. The molecule has 4 aromatic carbocycles. The molecule has 3 saturated heterocycles. The summed E-state index contributed by atoms with van der Waals surface area (Å²) in [5, 5.41) is 12.8. The van der Waals surface area contributed by atoms with Crippen LogP contribution in [-0.4, -0.2) is 65.0 Å². The number of rotatable bonds is 6. The van der Waals surface area contributed by atoms with E-state index in [2.05, 4.69) is 15.3 Å². The predicted molar refractivity (Wildman–Crippen MR) is 224 cm³/mol. The summed E-state index contributed by atoms with van der Waals surface area (Å²) in [5.74, 6) is -7.17. The maximum Gasteiger partial charge on any atom is 0.417 e. The molecule has 3 aliphatic heterocycles. The van der Waals surface area contributed by atoms with Crippen LogP contribution < -0.4 is 15.2 Å². The lowest BCUT2D eigenvalue weighted by molar-refractivity contribution is -0.139. The SMILES string of the molecule is O=C1C2CC3C(=CCC4C(=O)N(c5ccc(N6CCOCC6)cc5)C(=O)C43)C(c3ccc(O)c4ccccc34)C2(c2ccc(Cl)cc2)C(=O)N1Nc1ncc(C(F)(F)F)cc1Cl. The molecule has 4 fully saturated rings. The number of pyridine rings is 1. The van der Waals surface area contributed by atoms with Gasteiger partial charge in [-0.2, -0.15) is 18.2 Å². The molecule has 1 aromatic heterocycles. The first-order chi connectivity index (χ1) is 29.8. The molecule has 2 N–H and O–H groups in total. The minimum atomic E-state index is -4.76. The van der Waals surface area contributed by atoms with Crippen LogP contribution in [0, 0.1) is 23.7 Å². The van der Waals surface area contributed by atoms with Crippen LogP contribution in [0.5, 0.6) is 5.75 Å². The molecule has 6 unspecified atom stereocenters. The number of fused-ring (bicyclic) bond motifs is 5. The van der Waals surface area contributed by atoms with E-state index in [-0.39, 0.29) is 30.3 Å². The minimum Gasteiger partial charge on any atom is -0.507 e. The van der Waals surface area contributed by atoms with Crippen molar-refractivity contribution < 1.29 is 42.2 Å². The fourth-order valence-electron chi connectivity index (χ4n) is 10.6. The van der Waals surface area contributed by atoms with Crippen LogP contribution in [0.1, 0.15) is 35.4 Å². The van der Waals surface area contributed by atoms with Gasteiger partial charge in [0.15, 0.2) is 5.82 Å². The monoisotopic (exact) mass is 881 g/mol. The highest BCUT2D eigenvalue weighted by atomic mass is 35.5. The maximum atomic E-state index is 15.6. The number of nitrogens with one attached hydrogen (secondary N) is 1. The number of hydrogen-bond donors (Lipinski definition) is 2. The van der Waals surface area contributed by atoms with Crippen LogP contribution in [0.4, 0.5) is 30.4 Å². The lowest BCUT2D eigenvalue weighted by Gasteiger charge is -2.51. The number of morpholine rings is 1. The minimum absolute atomic E-state index is 0.0153. The van der Waals surface area contributed by atoms with E-state index in [9.17, 15) is 27.9 Å². The molecular weight excluding hydrogens is 846 g/mol. The van der Waals surface area contributed by atoms with Crippen LogP contribution >= 0.6 is 23.2 Å². The summed E-state index contributed by atoms with van der Waals surface area (Å²) in [5.41, 5.74) is 2.82. The summed E-state index contributed by atoms with van der Waals surface area (Å²) in [6.07, 6.45) is -2.15. The van der Waals surface area contributed by atoms with E-state index < -0.39 is 69.5 Å². The molecule has 5 aliphatic rings. The summed E-state index contributed by atoms with van der Waals surface area (Å²) in [6.45, 7) is 2.60. The number of phenolic OH excluding ortho intramolecular Hbond substituents is 1. The van der Waals surface area contributed by atoms with Gasteiger partial charge in [-0.1, -0.05) is 77.3 Å². The van der Waals surface area contributed by atoms with Gasteiger partial charge >= 0.3 is 6.18 Å². The van der Waals surface area contributed by atoms with E-state index in [0.717, 1.165) is 10.7 Å². The Labute approximate surface area is 362 Å². The third-order valence-electron chi connectivity index (χ3n) is 13.3. The second kappa shape index (κ2) is 14.8. The van der Waals surface area contributed by atoms with E-state index in [1.54, 1.807) is 66.7 Å². The number of carbonyl (C=O) groups excluding carboxylic acids is 4. The Kier molecular flexibility index (Phi) is 9.61. The van der Waals surface area contributed by atoms with Crippen molar-refractivity contribution in [3.63, 3.8) is 0 Å². The molecule has 6 atom stereocenters. The number of halogens is 5. The number of allylic oxidation sites excluding steroid dienone is 2. The number of alkyl halides is 3. The van der Waals surface area contributed by atoms with Gasteiger partial charge in [0.25, 0.3) is 11.8 Å². The molecule has 4 amide bonds. The van der Waals surface area contributed by atoms with Gasteiger partial charge in [0, 0.05) is 41.3 Å². The first-order valence-electron chi connectivity index (χ1n) is 20.1. The van der Waals surface area contributed by atoms with Crippen molar-refractivity contribution in [2.45, 2.75) is 30.4 Å². The molecule has 5 aromatic rings. The van der Waals surface area contributed by atoms with E-state index in [1.807, 2.05) is 18.2 Å². The molecule has 62 heavy (non-hydrogen) atoms. The number of anilines is 3. The molecule has 316 valence electrons. The van der Waals surface area contributed by atoms with Crippen LogP contribution in [0.2, 0.25) is 10.0 Å². The second-order valence-electron chi connectivity index (χ2n) is 16.3. The van der Waals surface area contributed by atoms with E-state index >= 15 is 9.59 Å². The molecular formula is C46H36Cl2F3N5O6. The average molecular weight is 883 g/mol. The molecule has 1 saturated carbocycles. The number of hydrazine groups is 1. The fraction of sp³-hybridized carbons (Fsp3) is 0.283. The molecule has 0 radical (unpaired) electrons. The summed E-state index contributed by atoms with van der Waals surface area (Å²) >= 11 is 12.8. The van der Waals surface area contributed by atoms with Crippen molar-refractivity contribution in [3.05, 3.63) is 136 Å². The van der Waals surface area contributed by atoms with Crippen molar-refractivity contribution in [2.24, 2.45) is 23.7 Å². The number of amides is 4. The van der Waals surface area contributed by atoms with Gasteiger partial charge in [0.05, 0.1) is 52.7 Å². The molecule has 0 bridgehead atoms. The predicted octanol–water partition coefficient (Wildman–Crippen LogP) is 8.29. The van der Waals surface area contributed by atoms with Gasteiger partial charge in [0.2, 0.25) is 11.8 Å². The van der Waals surface area contributed by atoms with Crippen molar-refractivity contribution in [2.75, 3.05) is 41.5 Å². The molecule has 2 aliphatic carbocycles. The zero-order chi connectivity index (χ0) is 43.2. The van der Waals surface area contributed by atoms with Gasteiger partial charge in [-0.15, -0.1) is 0 Å². The van der Waals surface area contributed by atoms with E-state index in [0.29, 0.717) is 76.7 Å². The van der Waals surface area contributed by atoms with E-state index in [4.69, 9.17) is 27.9 Å². The Hall–Kier alpha value is -5.96. The van der Waals surface area contributed by atoms with Gasteiger partial charge < -0.3 is 14.7 Å². The third-order valence-corrected chi connectivity index (χ3v) is 13.8. The highest BCUT2D eigenvalue weighted by Crippen LogP contribution is 2.65. The number of ether oxygens (including phenoxy) is 1. The molecule has 4 heterocycles. The van der Waals surface area contributed by atoms with Crippen LogP contribution in [0.25, 0.3) is 10.8 Å². The Morgan fingerprint density at radius 3 is 2.21 bits per heavy atom. The summed E-state index contributed by atoms with van der Waals surface area (Å²) in [7, 11) is 0. The van der Waals surface area contributed by atoms with Crippen LogP contribution in [-0.2, 0) is 35.5 Å². The fourth-order valence-corrected chi connectivity index (χ4v) is 10.9. The van der Waals surface area contributed by atoms with Gasteiger partial charge in [-0.25, -0.2) is 4.98 Å². The van der Waals surface area contributed by atoms with Crippen molar-refractivity contribution in [1.82, 2.24) is 9.99 Å². The number of benzene rings is 4. The van der Waals surface area contributed by atoms with Crippen molar-refractivity contribution >= 4 is 74.8 Å². The summed E-state index contributed by atoms with van der Waals surface area (Å²) in [4.78, 5) is 67.3. The number of hydrogen-bond acceptors (Lipinski definition) is 9. The number of phenols is 1. The number of nitrogens with zero attached hydrogens (tertiary/aromatic N) is 4. The largest absolute Gasteiger partial charge is 0.507 e. The maximum absolute atomic E-state index is 15.6. The lowest BCUT2D eigenvalue weighted by atomic mass is 9.49. The quantitative estimate of drug-likeness (QED) is 0.128. The van der Waals surface area contributed by atoms with Crippen molar-refractivity contribution in [1.29, 1.82) is 0 Å². The third kappa shape index (κ3) is 6.09. The first-order valence-corrected chi connectivity index (χ1v) is 20.9. The zero-order valence-corrected chi connectivity index (χ0v) is 34.1. The summed E-state index contributed by atoms with van der Waals surface area (Å²) in [6, 6.07) is 24.8. The molecule has 16 heteroatoms. The lowest BCUT2D eigenvalue weighted by Crippen LogP contribution is -2.53. The highest BCUT2D eigenvalue weighted by molar-refractivity contribution is 6.33. The second-order valence-corrected chi connectivity index (χ2v) is 17.1. The van der Waals surface area contributed by atoms with Crippen LogP contribution in [0.3, 0.4) is 0 Å². The van der Waals surface area contributed by atoms with Crippen molar-refractivity contribution in [3.8, 4) is 5.75 Å². The molecule has 10 rings (SSSR count). The number of aromatic nitrogens is 1. The Morgan fingerprint density at radius 1 is 0.823 bits per heavy atom. The summed E-state index contributed by atoms with van der Waals surface area (Å²) < 4.78 is 46.3. The standard InChI is InChI=1S/C46H36Cl2F3N5O6/c47-26-7-5-24(6-8-26)45-35(42(59)56(44(45)61)53-40-36(48)21-25(23-52-40)46(49,50)51)22-34-32(39(45)31-15-16-37(57)30-4-2-1-3-29(30)31)13-14-33-38(34)43(60)55(41(33)58)28-11-9-27(10-12-28)54-17-19-62-20-18-54/h1-13,15-16,21,23,33-35,38-39,57H,14,17-20,22H2,(H,52,53). The Bertz CT molecular complexity index is 2730. The highest BCUT2D eigenvalue weighted by Gasteiger charge is 2.70. The van der Waals surface area contributed by atoms with E-state index in [1.165, 1.54) is 11.0 Å². The van der Waals surface area contributed by atoms with Gasteiger partial charge in [-0.3, -0.25) is 29.5 Å². The smallest absolute Gasteiger partial charge is 0.417 e. The van der Waals surface area contributed by atoms with Crippen LogP contribution in [0.15, 0.2) is 109 Å². The Balaban J connectivity index is 1.13. The Morgan fingerprint density at radius 2 is 1.52 bits per heavy atom. The topological polar surface area (TPSA) is 132 Å². The molecule has 0 spiro atoms. The number of carbonyl (C=O) groups is 4.